The van der Waals surface area contributed by atoms with E-state index in [0.717, 1.165) is 23.3 Å². The van der Waals surface area contributed by atoms with E-state index >= 15 is 0 Å². The normalized spacial score (nSPS) is 20.0. The number of nitrogens with one attached hydrogen (secondary N) is 1. The Morgan fingerprint density at radius 1 is 1.32 bits per heavy atom. The Bertz CT molecular complexity index is 810. The number of amidine groups is 1. The number of thioether (sulfide) groups is 1. The van der Waals surface area contributed by atoms with Crippen LogP contribution in [0.5, 0.6) is 0 Å². The van der Waals surface area contributed by atoms with Gasteiger partial charge in [-0.2, -0.15) is 0 Å². The van der Waals surface area contributed by atoms with E-state index in [-0.39, 0.29) is 18.0 Å². The number of rotatable bonds is 4. The summed E-state index contributed by atoms with van der Waals surface area (Å²) < 4.78 is 14.2. The van der Waals surface area contributed by atoms with E-state index < -0.39 is 11.4 Å². The van der Waals surface area contributed by atoms with E-state index in [9.17, 15) is 9.18 Å². The lowest BCUT2D eigenvalue weighted by atomic mass is 9.89. The number of amides is 1. The Labute approximate surface area is 150 Å². The molecule has 2 aromatic rings. The van der Waals surface area contributed by atoms with Gasteiger partial charge in [0.2, 0.25) is 5.91 Å². The van der Waals surface area contributed by atoms with Crippen molar-refractivity contribution in [1.29, 1.82) is 0 Å². The van der Waals surface area contributed by atoms with Gasteiger partial charge in [0.05, 0.1) is 17.6 Å². The number of halogens is 1. The molecule has 1 heterocycles. The third kappa shape index (κ3) is 4.20. The Hall–Kier alpha value is -2.34. The number of carbonyl (C=O) groups excluding carboxylic acids is 1. The predicted molar refractivity (Wildman–Crippen MR) is 101 cm³/mol. The van der Waals surface area contributed by atoms with Gasteiger partial charge in [0, 0.05) is 5.75 Å². The van der Waals surface area contributed by atoms with Crippen LogP contribution in [0, 0.1) is 5.82 Å². The summed E-state index contributed by atoms with van der Waals surface area (Å²) in [4.78, 5) is 16.7. The van der Waals surface area contributed by atoms with Crippen LogP contribution in [0.1, 0.15) is 24.5 Å². The standard InChI is InChI=1S/C19H20FN3OS/c1-19(9-10-25-18(21)23-19)14-7-8-15(20)16(12-14)22-17(24)11-13-5-3-2-4-6-13/h2-8,12H,9-11H2,1H3,(H2,21,23)(H,22,24). The van der Waals surface area contributed by atoms with E-state index in [1.54, 1.807) is 12.1 Å². The van der Waals surface area contributed by atoms with Crippen molar-refractivity contribution in [2.24, 2.45) is 10.7 Å². The van der Waals surface area contributed by atoms with Gasteiger partial charge in [-0.15, -0.1) is 0 Å². The van der Waals surface area contributed by atoms with E-state index in [4.69, 9.17) is 5.73 Å². The quantitative estimate of drug-likeness (QED) is 0.877. The average molecular weight is 357 g/mol. The molecule has 1 unspecified atom stereocenters. The van der Waals surface area contributed by atoms with Crippen LogP contribution in [0.3, 0.4) is 0 Å². The summed E-state index contributed by atoms with van der Waals surface area (Å²) in [6.45, 7) is 1.97. The number of nitrogens with zero attached hydrogens (tertiary/aromatic N) is 1. The molecular formula is C19H20FN3OS. The first-order valence-electron chi connectivity index (χ1n) is 8.08. The lowest BCUT2D eigenvalue weighted by Gasteiger charge is -2.30. The lowest BCUT2D eigenvalue weighted by Crippen LogP contribution is -2.29. The van der Waals surface area contributed by atoms with Crippen molar-refractivity contribution in [3.05, 3.63) is 65.5 Å². The van der Waals surface area contributed by atoms with Crippen molar-refractivity contribution in [3.63, 3.8) is 0 Å². The molecule has 6 heteroatoms. The lowest BCUT2D eigenvalue weighted by molar-refractivity contribution is -0.115. The first kappa shape index (κ1) is 17.5. The molecule has 0 saturated carbocycles. The number of hydrogen-bond acceptors (Lipinski definition) is 4. The van der Waals surface area contributed by atoms with Crippen molar-refractivity contribution >= 4 is 28.5 Å². The van der Waals surface area contributed by atoms with Gasteiger partial charge in [-0.1, -0.05) is 48.2 Å². The van der Waals surface area contributed by atoms with Crippen molar-refractivity contribution in [3.8, 4) is 0 Å². The number of benzene rings is 2. The zero-order chi connectivity index (χ0) is 17.9. The number of aliphatic imine (C=N–C) groups is 1. The van der Waals surface area contributed by atoms with Crippen LogP contribution in [-0.2, 0) is 16.8 Å². The van der Waals surface area contributed by atoms with Crippen LogP contribution < -0.4 is 11.1 Å². The van der Waals surface area contributed by atoms with Crippen LogP contribution in [0.2, 0.25) is 0 Å². The number of anilines is 1. The molecule has 3 rings (SSSR count). The van der Waals surface area contributed by atoms with Gasteiger partial charge in [-0.05, 0) is 36.6 Å². The third-order valence-electron chi connectivity index (χ3n) is 4.27. The Morgan fingerprint density at radius 2 is 2.08 bits per heavy atom. The molecule has 4 nitrogen and oxygen atoms in total. The van der Waals surface area contributed by atoms with Crippen molar-refractivity contribution in [1.82, 2.24) is 0 Å². The highest BCUT2D eigenvalue weighted by molar-refractivity contribution is 8.13. The zero-order valence-corrected chi connectivity index (χ0v) is 14.8. The highest BCUT2D eigenvalue weighted by Gasteiger charge is 2.30. The highest BCUT2D eigenvalue weighted by Crippen LogP contribution is 2.36. The number of hydrogen-bond donors (Lipinski definition) is 2. The molecule has 0 aliphatic carbocycles. The first-order chi connectivity index (χ1) is 12.0. The summed E-state index contributed by atoms with van der Waals surface area (Å²) >= 11 is 1.52. The molecular weight excluding hydrogens is 337 g/mol. The summed E-state index contributed by atoms with van der Waals surface area (Å²) in [6.07, 6.45) is 1.00. The largest absolute Gasteiger partial charge is 0.379 e. The predicted octanol–water partition coefficient (Wildman–Crippen LogP) is 3.67. The first-order valence-corrected chi connectivity index (χ1v) is 9.07. The van der Waals surface area contributed by atoms with Crippen molar-refractivity contribution < 1.29 is 9.18 Å². The molecule has 0 radical (unpaired) electrons. The molecule has 1 atom stereocenters. The minimum Gasteiger partial charge on any atom is -0.379 e. The van der Waals surface area contributed by atoms with Crippen LogP contribution in [-0.4, -0.2) is 16.8 Å². The second-order valence-corrected chi connectivity index (χ2v) is 7.34. The summed E-state index contributed by atoms with van der Waals surface area (Å²) in [5, 5.41) is 3.20. The Morgan fingerprint density at radius 3 is 2.80 bits per heavy atom. The van der Waals surface area contributed by atoms with Gasteiger partial charge in [-0.25, -0.2) is 4.39 Å². The van der Waals surface area contributed by atoms with Gasteiger partial charge in [0.15, 0.2) is 5.17 Å². The SMILES string of the molecule is CC1(c2ccc(F)c(NC(=O)Cc3ccccc3)c2)CCSC(N)=N1. The van der Waals surface area contributed by atoms with Crippen LogP contribution in [0.4, 0.5) is 10.1 Å². The summed E-state index contributed by atoms with van der Waals surface area (Å²) in [5.41, 5.74) is 7.25. The van der Waals surface area contributed by atoms with E-state index in [2.05, 4.69) is 10.3 Å². The van der Waals surface area contributed by atoms with Gasteiger partial charge in [0.25, 0.3) is 0 Å². The molecule has 0 fully saturated rings. The van der Waals surface area contributed by atoms with Gasteiger partial charge < -0.3 is 11.1 Å². The van der Waals surface area contributed by atoms with E-state index in [1.807, 2.05) is 37.3 Å². The fraction of sp³-hybridized carbons (Fsp3) is 0.263. The average Bonchev–Trinajstić information content (AvgIpc) is 2.57. The molecule has 2 aromatic carbocycles. The molecule has 130 valence electrons. The molecule has 1 aliphatic heterocycles. The monoisotopic (exact) mass is 357 g/mol. The van der Waals surface area contributed by atoms with Gasteiger partial charge in [-0.3, -0.25) is 9.79 Å². The van der Waals surface area contributed by atoms with E-state index in [0.29, 0.717) is 5.17 Å². The highest BCUT2D eigenvalue weighted by atomic mass is 32.2. The molecule has 0 spiro atoms. The van der Waals surface area contributed by atoms with Gasteiger partial charge >= 0.3 is 0 Å². The Kier molecular flexibility index (Phi) is 5.08. The van der Waals surface area contributed by atoms with Gasteiger partial charge in [0.1, 0.15) is 5.82 Å². The fourth-order valence-corrected chi connectivity index (χ4v) is 3.80. The molecule has 1 aliphatic rings. The van der Waals surface area contributed by atoms with Crippen LogP contribution in [0.25, 0.3) is 0 Å². The minimum atomic E-state index is -0.498. The maximum atomic E-state index is 14.2. The van der Waals surface area contributed by atoms with Crippen LogP contribution in [0.15, 0.2) is 53.5 Å². The maximum Gasteiger partial charge on any atom is 0.228 e. The molecule has 0 aromatic heterocycles. The molecule has 1 amide bonds. The Balaban J connectivity index is 1.80. The summed E-state index contributed by atoms with van der Waals surface area (Å²) in [6, 6.07) is 14.1. The minimum absolute atomic E-state index is 0.173. The maximum absolute atomic E-state index is 14.2. The van der Waals surface area contributed by atoms with Crippen LogP contribution >= 0.6 is 11.8 Å². The molecule has 0 bridgehead atoms. The molecule has 0 saturated heterocycles. The molecule has 3 N–H and O–H groups in total. The van der Waals surface area contributed by atoms with E-state index in [1.165, 1.54) is 17.8 Å². The second kappa shape index (κ2) is 7.27. The summed E-state index contributed by atoms with van der Waals surface area (Å²) in [5.74, 6) is 0.143. The summed E-state index contributed by atoms with van der Waals surface area (Å²) in [7, 11) is 0. The fourth-order valence-electron chi connectivity index (χ4n) is 2.83. The molecule has 25 heavy (non-hydrogen) atoms. The zero-order valence-electron chi connectivity index (χ0n) is 14.0. The number of carbonyl (C=O) groups is 1. The van der Waals surface area contributed by atoms with Crippen molar-refractivity contribution in [2.75, 3.05) is 11.1 Å². The van der Waals surface area contributed by atoms with Crippen molar-refractivity contribution in [2.45, 2.75) is 25.3 Å². The smallest absolute Gasteiger partial charge is 0.228 e. The second-order valence-electron chi connectivity index (χ2n) is 6.23. The topological polar surface area (TPSA) is 67.5 Å². The number of nitrogens with two attached hydrogens (primary N) is 1. The third-order valence-corrected chi connectivity index (χ3v) is 5.06.